The Hall–Kier alpha value is -5.26. The van der Waals surface area contributed by atoms with Gasteiger partial charge in [-0.05, 0) is 66.2 Å². The number of carbonyl (C=O) groups is 2. The van der Waals surface area contributed by atoms with Gasteiger partial charge in [0.2, 0.25) is 11.8 Å². The third-order valence-corrected chi connectivity index (χ3v) is 5.71. The molecule has 0 saturated heterocycles. The Morgan fingerprint density at radius 2 is 1.43 bits per heavy atom. The fraction of sp³-hybridized carbons (Fsp3) is 0.0714. The van der Waals surface area contributed by atoms with Crippen molar-refractivity contribution in [3.63, 3.8) is 0 Å². The van der Waals surface area contributed by atoms with Gasteiger partial charge in [0.05, 0.1) is 11.1 Å². The number of amides is 3. The largest absolute Gasteiger partial charge is 0.434 e. The van der Waals surface area contributed by atoms with Gasteiger partial charge in [0.25, 0.3) is 0 Å². The van der Waals surface area contributed by atoms with Crippen LogP contribution >= 0.6 is 0 Å². The minimum Gasteiger partial charge on any atom is -0.434 e. The van der Waals surface area contributed by atoms with E-state index in [4.69, 9.17) is 4.42 Å². The van der Waals surface area contributed by atoms with Gasteiger partial charge in [0.15, 0.2) is 11.2 Å². The third kappa shape index (κ3) is 5.90. The fourth-order valence-corrected chi connectivity index (χ4v) is 3.84. The minimum atomic E-state index is -4.49. The molecule has 8 nitrogen and oxygen atoms in total. The predicted octanol–water partition coefficient (Wildman–Crippen LogP) is 7.32. The van der Waals surface area contributed by atoms with Crippen LogP contribution in [0.2, 0.25) is 0 Å². The lowest BCUT2D eigenvalue weighted by molar-refractivity contribution is -0.137. The van der Waals surface area contributed by atoms with Gasteiger partial charge in [0.1, 0.15) is 5.82 Å². The second-order valence-corrected chi connectivity index (χ2v) is 8.67. The van der Waals surface area contributed by atoms with Crippen molar-refractivity contribution >= 4 is 40.2 Å². The molecular formula is C28H19F4N5O3. The highest BCUT2D eigenvalue weighted by atomic mass is 19.4. The fourth-order valence-electron chi connectivity index (χ4n) is 3.84. The van der Waals surface area contributed by atoms with Crippen LogP contribution in [0.25, 0.3) is 33.8 Å². The van der Waals surface area contributed by atoms with Crippen molar-refractivity contribution in [1.82, 2.24) is 9.97 Å². The average molecular weight is 549 g/mol. The second kappa shape index (κ2) is 10.5. The normalized spacial score (nSPS) is 11.3. The Labute approximate surface area is 224 Å². The first-order valence-corrected chi connectivity index (χ1v) is 11.7. The molecule has 0 aliphatic heterocycles. The summed E-state index contributed by atoms with van der Waals surface area (Å²) >= 11 is 0. The zero-order chi connectivity index (χ0) is 28.4. The summed E-state index contributed by atoms with van der Waals surface area (Å²) < 4.78 is 58.7. The van der Waals surface area contributed by atoms with E-state index in [1.165, 1.54) is 19.1 Å². The first-order valence-electron chi connectivity index (χ1n) is 11.7. The van der Waals surface area contributed by atoms with Crippen LogP contribution in [-0.4, -0.2) is 21.9 Å². The van der Waals surface area contributed by atoms with E-state index in [9.17, 15) is 27.2 Å². The van der Waals surface area contributed by atoms with Crippen LogP contribution in [-0.2, 0) is 11.0 Å². The molecule has 40 heavy (non-hydrogen) atoms. The molecule has 0 aliphatic carbocycles. The molecule has 5 aromatic rings. The first kappa shape index (κ1) is 26.4. The molecule has 3 amide bonds. The summed E-state index contributed by atoms with van der Waals surface area (Å²) in [5, 5.41) is 7.61. The van der Waals surface area contributed by atoms with Gasteiger partial charge in [-0.15, -0.1) is 0 Å². The van der Waals surface area contributed by atoms with Crippen LogP contribution in [0.5, 0.6) is 0 Å². The summed E-state index contributed by atoms with van der Waals surface area (Å²) in [6.45, 7) is 1.42. The number of benzene rings is 3. The molecule has 0 atom stereocenters. The van der Waals surface area contributed by atoms with E-state index in [0.29, 0.717) is 16.8 Å². The smallest absolute Gasteiger partial charge is 0.416 e. The molecule has 2 heterocycles. The molecule has 12 heteroatoms. The molecule has 0 radical (unpaired) electrons. The minimum absolute atomic E-state index is 0.0356. The Balaban J connectivity index is 1.33. The highest BCUT2D eigenvalue weighted by Crippen LogP contribution is 2.31. The number of rotatable bonds is 5. The lowest BCUT2D eigenvalue weighted by Gasteiger charge is -2.10. The molecule has 0 unspecified atom stereocenters. The van der Waals surface area contributed by atoms with Gasteiger partial charge in [-0.25, -0.2) is 14.2 Å². The van der Waals surface area contributed by atoms with Crippen LogP contribution in [0.15, 0.2) is 83.4 Å². The summed E-state index contributed by atoms with van der Waals surface area (Å²) in [7, 11) is 0. The molecule has 0 saturated carbocycles. The number of nitrogens with one attached hydrogen (secondary N) is 3. The van der Waals surface area contributed by atoms with Gasteiger partial charge in [0, 0.05) is 35.7 Å². The highest BCUT2D eigenvalue weighted by molar-refractivity contribution is 6.00. The van der Waals surface area contributed by atoms with Gasteiger partial charge in [-0.1, -0.05) is 12.1 Å². The lowest BCUT2D eigenvalue weighted by Crippen LogP contribution is -2.19. The number of halogens is 4. The number of fused-ring (bicyclic) bond motifs is 1. The third-order valence-electron chi connectivity index (χ3n) is 5.71. The predicted molar refractivity (Wildman–Crippen MR) is 141 cm³/mol. The Bertz CT molecular complexity index is 1720. The number of oxazole rings is 1. The van der Waals surface area contributed by atoms with Crippen molar-refractivity contribution < 1.29 is 31.6 Å². The van der Waals surface area contributed by atoms with Gasteiger partial charge in [-0.3, -0.25) is 4.79 Å². The highest BCUT2D eigenvalue weighted by Gasteiger charge is 2.30. The van der Waals surface area contributed by atoms with Gasteiger partial charge < -0.3 is 20.4 Å². The van der Waals surface area contributed by atoms with Crippen molar-refractivity contribution in [2.24, 2.45) is 0 Å². The van der Waals surface area contributed by atoms with E-state index in [1.54, 1.807) is 36.5 Å². The number of pyridine rings is 1. The van der Waals surface area contributed by atoms with E-state index < -0.39 is 23.6 Å². The standard InChI is InChI=1S/C28H19F4N5O3/c1-15(38)34-19-6-2-16(3-7-19)17-12-24-25(33-14-17)37-26(40-24)22-13-21(10-11-23(22)29)36-27(39)35-20-8-4-18(5-9-20)28(30,31)32/h2-14H,1H3,(H,34,38)(H2,35,36,39). The van der Waals surface area contributed by atoms with E-state index in [-0.39, 0.29) is 34.4 Å². The molecule has 202 valence electrons. The molecule has 5 rings (SSSR count). The summed E-state index contributed by atoms with van der Waals surface area (Å²) in [6.07, 6.45) is -2.91. The first-order chi connectivity index (χ1) is 19.0. The summed E-state index contributed by atoms with van der Waals surface area (Å²) in [5.41, 5.74) is 2.15. The van der Waals surface area contributed by atoms with Crippen molar-refractivity contribution in [1.29, 1.82) is 0 Å². The summed E-state index contributed by atoms with van der Waals surface area (Å²) in [5.74, 6) is -0.907. The lowest BCUT2D eigenvalue weighted by atomic mass is 10.1. The SMILES string of the molecule is CC(=O)Nc1ccc(-c2cnc3nc(-c4cc(NC(=O)Nc5ccc(C(F)(F)F)cc5)ccc4F)oc3c2)cc1. The van der Waals surface area contributed by atoms with Crippen LogP contribution in [0.1, 0.15) is 12.5 Å². The number of carbonyl (C=O) groups excluding carboxylic acids is 2. The van der Waals surface area contributed by atoms with Crippen molar-refractivity contribution in [3.8, 4) is 22.6 Å². The van der Waals surface area contributed by atoms with Crippen LogP contribution in [0.4, 0.5) is 39.4 Å². The maximum absolute atomic E-state index is 14.7. The topological polar surface area (TPSA) is 109 Å². The quantitative estimate of drug-likeness (QED) is 0.199. The van der Waals surface area contributed by atoms with Crippen molar-refractivity contribution in [2.45, 2.75) is 13.1 Å². The van der Waals surface area contributed by atoms with Gasteiger partial charge in [-0.2, -0.15) is 18.2 Å². The van der Waals surface area contributed by atoms with E-state index >= 15 is 0 Å². The molecule has 3 N–H and O–H groups in total. The Morgan fingerprint density at radius 1 is 0.800 bits per heavy atom. The number of nitrogens with zero attached hydrogens (tertiary/aromatic N) is 2. The number of anilines is 3. The van der Waals surface area contributed by atoms with Crippen LogP contribution in [0, 0.1) is 5.82 Å². The molecule has 2 aromatic heterocycles. The molecule has 0 fully saturated rings. The van der Waals surface area contributed by atoms with Crippen molar-refractivity contribution in [3.05, 3.63) is 90.4 Å². The molecule has 0 bridgehead atoms. The number of aromatic nitrogens is 2. The molecule has 3 aromatic carbocycles. The molecule has 0 spiro atoms. The van der Waals surface area contributed by atoms with Crippen LogP contribution < -0.4 is 16.0 Å². The maximum atomic E-state index is 14.7. The zero-order valence-corrected chi connectivity index (χ0v) is 20.6. The van der Waals surface area contributed by atoms with E-state index in [0.717, 1.165) is 35.9 Å². The van der Waals surface area contributed by atoms with Gasteiger partial charge >= 0.3 is 12.2 Å². The summed E-state index contributed by atoms with van der Waals surface area (Å²) in [6, 6.07) is 15.7. The number of alkyl halides is 3. The number of hydrogen-bond donors (Lipinski definition) is 3. The average Bonchev–Trinajstić information content (AvgIpc) is 3.33. The molecular weight excluding hydrogens is 530 g/mol. The molecule has 0 aliphatic rings. The van der Waals surface area contributed by atoms with E-state index in [1.807, 2.05) is 0 Å². The van der Waals surface area contributed by atoms with E-state index in [2.05, 4.69) is 25.9 Å². The van der Waals surface area contributed by atoms with Crippen molar-refractivity contribution in [2.75, 3.05) is 16.0 Å². The second-order valence-electron chi connectivity index (χ2n) is 8.67. The number of urea groups is 1. The monoisotopic (exact) mass is 549 g/mol. The maximum Gasteiger partial charge on any atom is 0.416 e. The zero-order valence-electron chi connectivity index (χ0n) is 20.6. The van der Waals surface area contributed by atoms with Crippen LogP contribution in [0.3, 0.4) is 0 Å². The number of hydrogen-bond acceptors (Lipinski definition) is 5. The summed E-state index contributed by atoms with van der Waals surface area (Å²) in [4.78, 5) is 32.1. The Morgan fingerprint density at radius 3 is 2.10 bits per heavy atom. The Kier molecular flexibility index (Phi) is 6.91.